The topological polar surface area (TPSA) is 49.6 Å². The van der Waals surface area contributed by atoms with E-state index in [1.807, 2.05) is 12.1 Å². The van der Waals surface area contributed by atoms with Crippen LogP contribution in [0.25, 0.3) is 0 Å². The van der Waals surface area contributed by atoms with Gasteiger partial charge in [0.15, 0.2) is 0 Å². The molecule has 2 bridgehead atoms. The molecular weight excluding hydrogens is 310 g/mol. The van der Waals surface area contributed by atoms with Crippen LogP contribution in [0.3, 0.4) is 0 Å². The Bertz CT molecular complexity index is 509. The zero-order chi connectivity index (χ0) is 13.6. The molecule has 0 N–H and O–H groups in total. The maximum atomic E-state index is 10.8. The Balaban J connectivity index is 1.84. The minimum Gasteiger partial charge on any atom is -0.368 e. The summed E-state index contributed by atoms with van der Waals surface area (Å²) >= 11 is 3.29. The average molecular weight is 326 g/mol. The van der Waals surface area contributed by atoms with Crippen LogP contribution in [-0.2, 0) is 0 Å². The molecule has 0 radical (unpaired) electrons. The molecule has 1 aromatic carbocycles. The number of likely N-dealkylation sites (N-methyl/N-ethyl adjacent to an activating group) is 1. The maximum absolute atomic E-state index is 10.8. The van der Waals surface area contributed by atoms with Crippen LogP contribution in [0.15, 0.2) is 22.7 Å². The molecule has 0 aliphatic carbocycles. The van der Waals surface area contributed by atoms with Crippen LogP contribution in [-0.4, -0.2) is 42.0 Å². The molecule has 0 spiro atoms. The Labute approximate surface area is 120 Å². The van der Waals surface area contributed by atoms with E-state index in [-0.39, 0.29) is 10.6 Å². The molecule has 0 saturated carbocycles. The van der Waals surface area contributed by atoms with Crippen molar-refractivity contribution >= 4 is 27.3 Å². The molecule has 2 heterocycles. The summed E-state index contributed by atoms with van der Waals surface area (Å²) in [5.41, 5.74) is 1.20. The number of nitro groups is 1. The standard InChI is InChI=1S/C13H16BrN3O2/c1-15-10-2-3-11(15)8-16(7-10)9-4-5-13(17(18)19)12(14)6-9/h4-6,10-11H,2-3,7-8H2,1H3. The van der Waals surface area contributed by atoms with Crippen molar-refractivity contribution in [1.82, 2.24) is 4.90 Å². The Hall–Kier alpha value is -1.14. The Kier molecular flexibility index (Phi) is 3.22. The highest BCUT2D eigenvalue weighted by molar-refractivity contribution is 9.10. The fraction of sp³-hybridized carbons (Fsp3) is 0.538. The Morgan fingerprint density at radius 2 is 1.95 bits per heavy atom. The van der Waals surface area contributed by atoms with Crippen molar-refractivity contribution in [1.29, 1.82) is 0 Å². The molecule has 2 atom stereocenters. The van der Waals surface area contributed by atoms with Gasteiger partial charge in [-0.25, -0.2) is 0 Å². The third-order valence-electron chi connectivity index (χ3n) is 4.34. The predicted molar refractivity (Wildman–Crippen MR) is 77.6 cm³/mol. The van der Waals surface area contributed by atoms with Crippen molar-refractivity contribution in [3.8, 4) is 0 Å². The minimum atomic E-state index is -0.360. The average Bonchev–Trinajstić information content (AvgIpc) is 2.61. The summed E-state index contributed by atoms with van der Waals surface area (Å²) in [7, 11) is 2.20. The molecule has 2 unspecified atom stereocenters. The first kappa shape index (κ1) is 12.9. The highest BCUT2D eigenvalue weighted by atomic mass is 79.9. The van der Waals surface area contributed by atoms with Crippen LogP contribution in [0, 0.1) is 10.1 Å². The van der Waals surface area contributed by atoms with Crippen LogP contribution >= 0.6 is 15.9 Å². The van der Waals surface area contributed by atoms with Crippen LogP contribution < -0.4 is 4.90 Å². The third-order valence-corrected chi connectivity index (χ3v) is 4.98. The second-order valence-electron chi connectivity index (χ2n) is 5.35. The first-order valence-electron chi connectivity index (χ1n) is 6.47. The van der Waals surface area contributed by atoms with Gasteiger partial charge in [-0.1, -0.05) is 0 Å². The Morgan fingerprint density at radius 1 is 1.32 bits per heavy atom. The quantitative estimate of drug-likeness (QED) is 0.619. The number of hydrogen-bond acceptors (Lipinski definition) is 4. The number of fused-ring (bicyclic) bond motifs is 2. The zero-order valence-corrected chi connectivity index (χ0v) is 12.3. The second-order valence-corrected chi connectivity index (χ2v) is 6.20. The Morgan fingerprint density at radius 3 is 2.47 bits per heavy atom. The highest BCUT2D eigenvalue weighted by Crippen LogP contribution is 2.34. The van der Waals surface area contributed by atoms with Gasteiger partial charge in [0, 0.05) is 36.9 Å². The summed E-state index contributed by atoms with van der Waals surface area (Å²) in [6.45, 7) is 2.02. The summed E-state index contributed by atoms with van der Waals surface area (Å²) in [5, 5.41) is 10.8. The molecule has 2 aliphatic rings. The molecule has 1 aromatic rings. The van der Waals surface area contributed by atoms with Gasteiger partial charge in [-0.05, 0) is 48.0 Å². The van der Waals surface area contributed by atoms with Crippen molar-refractivity contribution in [2.24, 2.45) is 0 Å². The molecule has 0 amide bonds. The van der Waals surface area contributed by atoms with Gasteiger partial charge in [0.05, 0.1) is 9.40 Å². The monoisotopic (exact) mass is 325 g/mol. The number of rotatable bonds is 2. The van der Waals surface area contributed by atoms with Crippen LogP contribution in [0.1, 0.15) is 12.8 Å². The molecule has 3 rings (SSSR count). The van der Waals surface area contributed by atoms with Gasteiger partial charge in [-0.2, -0.15) is 0 Å². The van der Waals surface area contributed by atoms with Crippen molar-refractivity contribution in [2.75, 3.05) is 25.0 Å². The predicted octanol–water partition coefficient (Wildman–Crippen LogP) is 2.64. The van der Waals surface area contributed by atoms with Gasteiger partial charge in [0.25, 0.3) is 5.69 Å². The molecule has 2 fully saturated rings. The summed E-state index contributed by atoms with van der Waals surface area (Å²) in [6.07, 6.45) is 2.51. The number of benzene rings is 1. The van der Waals surface area contributed by atoms with Crippen LogP contribution in [0.4, 0.5) is 11.4 Å². The van der Waals surface area contributed by atoms with E-state index in [9.17, 15) is 10.1 Å². The van der Waals surface area contributed by atoms with Crippen LogP contribution in [0.2, 0.25) is 0 Å². The van der Waals surface area contributed by atoms with E-state index >= 15 is 0 Å². The van der Waals surface area contributed by atoms with Crippen molar-refractivity contribution in [3.63, 3.8) is 0 Å². The maximum Gasteiger partial charge on any atom is 0.283 e. The van der Waals surface area contributed by atoms with Crippen molar-refractivity contribution in [3.05, 3.63) is 32.8 Å². The lowest BCUT2D eigenvalue weighted by atomic mass is 10.1. The van der Waals surface area contributed by atoms with Gasteiger partial charge < -0.3 is 4.90 Å². The summed E-state index contributed by atoms with van der Waals surface area (Å²) in [4.78, 5) is 15.3. The number of anilines is 1. The highest BCUT2D eigenvalue weighted by Gasteiger charge is 2.37. The molecule has 102 valence electrons. The number of piperazine rings is 1. The minimum absolute atomic E-state index is 0.126. The van der Waals surface area contributed by atoms with Crippen molar-refractivity contribution in [2.45, 2.75) is 24.9 Å². The molecule has 5 nitrogen and oxygen atoms in total. The number of nitro benzene ring substituents is 1. The number of halogens is 1. The normalized spacial score (nSPS) is 26.7. The third kappa shape index (κ3) is 2.23. The molecule has 6 heteroatoms. The van der Waals surface area contributed by atoms with E-state index in [0.717, 1.165) is 18.8 Å². The summed E-state index contributed by atoms with van der Waals surface area (Å²) < 4.78 is 0.557. The van der Waals surface area contributed by atoms with E-state index < -0.39 is 0 Å². The summed E-state index contributed by atoms with van der Waals surface area (Å²) in [5.74, 6) is 0. The number of hydrogen-bond donors (Lipinski definition) is 0. The molecule has 19 heavy (non-hydrogen) atoms. The largest absolute Gasteiger partial charge is 0.368 e. The van der Waals surface area contributed by atoms with Gasteiger partial charge in [0.2, 0.25) is 0 Å². The SMILES string of the molecule is CN1C2CCC1CN(c1ccc([N+](=O)[O-])c(Br)c1)C2. The lowest BCUT2D eigenvalue weighted by Gasteiger charge is -2.40. The molecule has 0 aromatic heterocycles. The number of nitrogens with zero attached hydrogens (tertiary/aromatic N) is 3. The first-order valence-corrected chi connectivity index (χ1v) is 7.26. The molecule has 2 aliphatic heterocycles. The lowest BCUT2D eigenvalue weighted by Crippen LogP contribution is -2.52. The lowest BCUT2D eigenvalue weighted by molar-refractivity contribution is -0.385. The molecule has 2 saturated heterocycles. The van der Waals surface area contributed by atoms with E-state index in [4.69, 9.17) is 0 Å². The van der Waals surface area contributed by atoms with E-state index in [2.05, 4.69) is 32.8 Å². The first-order chi connectivity index (χ1) is 9.06. The van der Waals surface area contributed by atoms with E-state index in [0.29, 0.717) is 16.6 Å². The van der Waals surface area contributed by atoms with E-state index in [1.165, 1.54) is 12.8 Å². The summed E-state index contributed by atoms with van der Waals surface area (Å²) in [6, 6.07) is 6.54. The zero-order valence-electron chi connectivity index (χ0n) is 10.8. The van der Waals surface area contributed by atoms with Gasteiger partial charge in [0.1, 0.15) is 0 Å². The van der Waals surface area contributed by atoms with E-state index in [1.54, 1.807) is 6.07 Å². The fourth-order valence-electron chi connectivity index (χ4n) is 3.17. The smallest absolute Gasteiger partial charge is 0.283 e. The molecular formula is C13H16BrN3O2. The van der Waals surface area contributed by atoms with Gasteiger partial charge >= 0.3 is 0 Å². The van der Waals surface area contributed by atoms with Gasteiger partial charge in [-0.3, -0.25) is 15.0 Å². The van der Waals surface area contributed by atoms with Crippen molar-refractivity contribution < 1.29 is 4.92 Å². The second kappa shape index (κ2) is 4.76. The fourth-order valence-corrected chi connectivity index (χ4v) is 3.68. The van der Waals surface area contributed by atoms with Gasteiger partial charge in [-0.15, -0.1) is 0 Å². The van der Waals surface area contributed by atoms with Crippen LogP contribution in [0.5, 0.6) is 0 Å².